The van der Waals surface area contributed by atoms with Crippen LogP contribution in [0.3, 0.4) is 0 Å². The molecular weight excluding hydrogens is 476 g/mol. The van der Waals surface area contributed by atoms with Crippen molar-refractivity contribution in [1.82, 2.24) is 9.80 Å². The maximum Gasteiger partial charge on any atom is 0.295 e. The van der Waals surface area contributed by atoms with Crippen molar-refractivity contribution in [2.45, 2.75) is 25.8 Å². The first-order valence-corrected chi connectivity index (χ1v) is 12.7. The molecule has 37 heavy (non-hydrogen) atoms. The number of rotatable bonds is 8. The summed E-state index contributed by atoms with van der Waals surface area (Å²) in [6.45, 7) is 6.15. The lowest BCUT2D eigenvalue weighted by molar-refractivity contribution is -0.140. The summed E-state index contributed by atoms with van der Waals surface area (Å²) in [5.41, 5.74) is 1.07. The van der Waals surface area contributed by atoms with Gasteiger partial charge in [-0.2, -0.15) is 0 Å². The number of hydrogen-bond donors (Lipinski definition) is 1. The summed E-state index contributed by atoms with van der Waals surface area (Å²) in [5.74, 6) is 0.512. The zero-order valence-corrected chi connectivity index (χ0v) is 21.2. The van der Waals surface area contributed by atoms with Gasteiger partial charge in [0, 0.05) is 18.7 Å². The van der Waals surface area contributed by atoms with Crippen molar-refractivity contribution < 1.29 is 33.6 Å². The summed E-state index contributed by atoms with van der Waals surface area (Å²) in [6.07, 6.45) is 2.25. The SMILES string of the molecule is CCOc1ccc(C2/C(=C(\O)c3ccc4c(c3)OCCO4)C(=O)C(=O)N2CCN2CCCC2)cc1OC. The van der Waals surface area contributed by atoms with Crippen LogP contribution in [0, 0.1) is 0 Å². The quantitative estimate of drug-likeness (QED) is 0.329. The predicted octanol–water partition coefficient (Wildman–Crippen LogP) is 3.38. The molecule has 0 saturated carbocycles. The molecule has 1 atom stereocenters. The van der Waals surface area contributed by atoms with Gasteiger partial charge in [0.2, 0.25) is 0 Å². The van der Waals surface area contributed by atoms with Crippen LogP contribution in [0.4, 0.5) is 0 Å². The Labute approximate surface area is 216 Å². The zero-order chi connectivity index (χ0) is 25.9. The van der Waals surface area contributed by atoms with Gasteiger partial charge in [-0.15, -0.1) is 0 Å². The van der Waals surface area contributed by atoms with Crippen LogP contribution in [-0.2, 0) is 9.59 Å². The Morgan fingerprint density at radius 2 is 1.76 bits per heavy atom. The molecule has 0 aliphatic carbocycles. The minimum absolute atomic E-state index is 0.0364. The van der Waals surface area contributed by atoms with E-state index in [4.69, 9.17) is 18.9 Å². The fourth-order valence-corrected chi connectivity index (χ4v) is 5.19. The Bertz CT molecular complexity index is 1220. The van der Waals surface area contributed by atoms with Crippen molar-refractivity contribution in [2.24, 2.45) is 0 Å². The van der Waals surface area contributed by atoms with Gasteiger partial charge in [0.05, 0.1) is 25.3 Å². The highest BCUT2D eigenvalue weighted by atomic mass is 16.6. The van der Waals surface area contributed by atoms with Gasteiger partial charge in [-0.3, -0.25) is 9.59 Å². The van der Waals surface area contributed by atoms with Gasteiger partial charge in [0.15, 0.2) is 23.0 Å². The summed E-state index contributed by atoms with van der Waals surface area (Å²) < 4.78 is 22.4. The van der Waals surface area contributed by atoms with Gasteiger partial charge in [0.25, 0.3) is 11.7 Å². The van der Waals surface area contributed by atoms with Crippen LogP contribution >= 0.6 is 0 Å². The Morgan fingerprint density at radius 1 is 1.00 bits per heavy atom. The highest BCUT2D eigenvalue weighted by Gasteiger charge is 2.46. The number of nitrogens with zero attached hydrogens (tertiary/aromatic N) is 2. The van der Waals surface area contributed by atoms with E-state index in [-0.39, 0.29) is 11.3 Å². The van der Waals surface area contributed by atoms with Crippen molar-refractivity contribution in [1.29, 1.82) is 0 Å². The third-order valence-electron chi connectivity index (χ3n) is 7.01. The number of hydrogen-bond acceptors (Lipinski definition) is 8. The zero-order valence-electron chi connectivity index (χ0n) is 21.2. The number of ether oxygens (including phenoxy) is 4. The van der Waals surface area contributed by atoms with E-state index in [0.717, 1.165) is 25.9 Å². The Kier molecular flexibility index (Phi) is 7.23. The van der Waals surface area contributed by atoms with Crippen LogP contribution in [0.2, 0.25) is 0 Å². The largest absolute Gasteiger partial charge is 0.507 e. The molecule has 5 rings (SSSR count). The molecule has 2 aromatic rings. The number of amides is 1. The number of fused-ring (bicyclic) bond motifs is 1. The molecule has 3 aliphatic rings. The van der Waals surface area contributed by atoms with Gasteiger partial charge in [0.1, 0.15) is 19.0 Å². The summed E-state index contributed by atoms with van der Waals surface area (Å²) in [4.78, 5) is 30.5. The monoisotopic (exact) mass is 508 g/mol. The summed E-state index contributed by atoms with van der Waals surface area (Å²) >= 11 is 0. The third-order valence-corrected chi connectivity index (χ3v) is 7.01. The minimum atomic E-state index is -0.777. The molecule has 2 aromatic carbocycles. The first kappa shape index (κ1) is 25.0. The molecule has 3 heterocycles. The summed E-state index contributed by atoms with van der Waals surface area (Å²) in [5, 5.41) is 11.4. The second kappa shape index (κ2) is 10.7. The number of likely N-dealkylation sites (tertiary alicyclic amines) is 2. The van der Waals surface area contributed by atoms with Crippen molar-refractivity contribution in [3.63, 3.8) is 0 Å². The Hall–Kier alpha value is -3.72. The van der Waals surface area contributed by atoms with Gasteiger partial charge in [-0.1, -0.05) is 6.07 Å². The molecule has 0 spiro atoms. The van der Waals surface area contributed by atoms with Crippen molar-refractivity contribution in [3.05, 3.63) is 53.1 Å². The second-order valence-corrected chi connectivity index (χ2v) is 9.24. The molecule has 2 saturated heterocycles. The molecule has 0 aromatic heterocycles. The third kappa shape index (κ3) is 4.83. The lowest BCUT2D eigenvalue weighted by atomic mass is 9.94. The topological polar surface area (TPSA) is 97.8 Å². The molecule has 1 unspecified atom stereocenters. The van der Waals surface area contributed by atoms with Gasteiger partial charge >= 0.3 is 0 Å². The lowest BCUT2D eigenvalue weighted by Gasteiger charge is -2.28. The first-order chi connectivity index (χ1) is 18.0. The number of methoxy groups -OCH3 is 1. The highest BCUT2D eigenvalue weighted by molar-refractivity contribution is 6.46. The van der Waals surface area contributed by atoms with E-state index >= 15 is 0 Å². The van der Waals surface area contributed by atoms with Gasteiger partial charge in [-0.05, 0) is 68.8 Å². The maximum absolute atomic E-state index is 13.4. The molecule has 3 aliphatic heterocycles. The molecule has 0 radical (unpaired) electrons. The maximum atomic E-state index is 13.4. The molecule has 9 heteroatoms. The van der Waals surface area contributed by atoms with Crippen LogP contribution in [0.25, 0.3) is 5.76 Å². The fourth-order valence-electron chi connectivity index (χ4n) is 5.19. The minimum Gasteiger partial charge on any atom is -0.507 e. The highest BCUT2D eigenvalue weighted by Crippen LogP contribution is 2.43. The molecule has 1 N–H and O–H groups in total. The Balaban J connectivity index is 1.58. The fraction of sp³-hybridized carbons (Fsp3) is 0.429. The van der Waals surface area contributed by atoms with Crippen LogP contribution in [0.15, 0.2) is 42.0 Å². The molecular formula is C28H32N2O7. The van der Waals surface area contributed by atoms with E-state index in [1.165, 1.54) is 0 Å². The van der Waals surface area contributed by atoms with Crippen LogP contribution < -0.4 is 18.9 Å². The summed E-state index contributed by atoms with van der Waals surface area (Å²) in [7, 11) is 1.54. The second-order valence-electron chi connectivity index (χ2n) is 9.24. The number of carbonyl (C=O) groups is 2. The smallest absolute Gasteiger partial charge is 0.295 e. The average Bonchev–Trinajstić information content (AvgIpc) is 3.53. The standard InChI is InChI=1S/C28H32N2O7/c1-3-35-20-8-6-18(16-22(20)34-2)25-24(26(31)19-7-9-21-23(17-19)37-15-14-36-21)27(32)28(33)30(25)13-12-29-10-4-5-11-29/h6-9,16-17,25,31H,3-5,10-15H2,1-2H3/b26-24+. The van der Waals surface area contributed by atoms with E-state index in [1.807, 2.05) is 13.0 Å². The van der Waals surface area contributed by atoms with E-state index in [2.05, 4.69) is 4.90 Å². The normalized spacial score (nSPS) is 20.9. The molecule has 196 valence electrons. The van der Waals surface area contributed by atoms with E-state index in [9.17, 15) is 14.7 Å². The summed E-state index contributed by atoms with van der Waals surface area (Å²) in [6, 6.07) is 9.56. The van der Waals surface area contributed by atoms with E-state index < -0.39 is 17.7 Å². The van der Waals surface area contributed by atoms with E-state index in [0.29, 0.717) is 67.0 Å². The van der Waals surface area contributed by atoms with Crippen molar-refractivity contribution in [2.75, 3.05) is 53.1 Å². The van der Waals surface area contributed by atoms with Crippen molar-refractivity contribution >= 4 is 17.4 Å². The lowest BCUT2D eigenvalue weighted by Crippen LogP contribution is -2.37. The van der Waals surface area contributed by atoms with Crippen LogP contribution in [0.5, 0.6) is 23.0 Å². The molecule has 0 bridgehead atoms. The van der Waals surface area contributed by atoms with E-state index in [1.54, 1.807) is 42.3 Å². The van der Waals surface area contributed by atoms with Crippen LogP contribution in [-0.4, -0.2) is 79.7 Å². The van der Waals surface area contributed by atoms with Gasteiger partial charge < -0.3 is 33.9 Å². The number of Topliss-reactive ketones (excluding diaryl/α,β-unsaturated/α-hetero) is 1. The first-order valence-electron chi connectivity index (χ1n) is 12.7. The average molecular weight is 509 g/mol. The van der Waals surface area contributed by atoms with Gasteiger partial charge in [-0.25, -0.2) is 0 Å². The number of benzene rings is 2. The Morgan fingerprint density at radius 3 is 2.49 bits per heavy atom. The van der Waals surface area contributed by atoms with Crippen molar-refractivity contribution in [3.8, 4) is 23.0 Å². The molecule has 9 nitrogen and oxygen atoms in total. The van der Waals surface area contributed by atoms with Crippen LogP contribution in [0.1, 0.15) is 36.9 Å². The molecule has 1 amide bonds. The number of aliphatic hydroxyl groups excluding tert-OH is 1. The number of carbonyl (C=O) groups excluding carboxylic acids is 2. The molecule has 2 fully saturated rings. The predicted molar refractivity (Wildman–Crippen MR) is 136 cm³/mol. The number of ketones is 1. The number of aliphatic hydroxyl groups is 1.